The molecule has 122 valence electrons. The largest absolute Gasteiger partial charge is 0.298 e. The van der Waals surface area contributed by atoms with Gasteiger partial charge in [0.2, 0.25) is 0 Å². The molecule has 1 N–H and O–H groups in total. The quantitative estimate of drug-likeness (QED) is 0.647. The van der Waals surface area contributed by atoms with Gasteiger partial charge in [-0.05, 0) is 31.9 Å². The second-order valence-corrected chi connectivity index (χ2v) is 7.86. The Labute approximate surface area is 144 Å². The van der Waals surface area contributed by atoms with Crippen molar-refractivity contribution in [2.75, 3.05) is 11.6 Å². The molecule has 7 heteroatoms. The molecule has 0 radical (unpaired) electrons. The maximum Gasteiger partial charge on any atom is 0.262 e. The van der Waals surface area contributed by atoms with Crippen LogP contribution in [0, 0.1) is 6.92 Å². The van der Waals surface area contributed by atoms with E-state index in [2.05, 4.69) is 34.1 Å². The lowest BCUT2D eigenvalue weighted by Gasteiger charge is -2.11. The molecule has 1 amide bonds. The van der Waals surface area contributed by atoms with Crippen LogP contribution in [0.25, 0.3) is 0 Å². The Balaban J connectivity index is 1.85. The molecule has 0 aliphatic heterocycles. The monoisotopic (exact) mass is 348 g/mol. The molecule has 0 aromatic carbocycles. The summed E-state index contributed by atoms with van der Waals surface area (Å²) in [6.07, 6.45) is 6.06. The molecule has 2 aromatic rings. The zero-order chi connectivity index (χ0) is 16.6. The standard InChI is InChI=1S/C16H20N4OS2/c1-8(2)11-7-17-16(23-11)20-14(21)12-9(3)18-13(10-5-6-10)19-15(12)22-4/h7-8,10H,5-6H2,1-4H3,(H,17,20,21). The second-order valence-electron chi connectivity index (χ2n) is 6.00. The van der Waals surface area contributed by atoms with Gasteiger partial charge in [0.15, 0.2) is 5.13 Å². The normalized spacial score (nSPS) is 14.3. The predicted octanol–water partition coefficient (Wildman–Crippen LogP) is 4.22. The van der Waals surface area contributed by atoms with Crippen LogP contribution in [-0.2, 0) is 0 Å². The van der Waals surface area contributed by atoms with E-state index in [0.29, 0.717) is 22.5 Å². The first kappa shape index (κ1) is 16.4. The molecule has 0 unspecified atom stereocenters. The smallest absolute Gasteiger partial charge is 0.262 e. The van der Waals surface area contributed by atoms with Crippen molar-refractivity contribution in [2.45, 2.75) is 50.5 Å². The zero-order valence-electron chi connectivity index (χ0n) is 13.7. The Kier molecular flexibility index (Phi) is 4.68. The summed E-state index contributed by atoms with van der Waals surface area (Å²) in [5.41, 5.74) is 1.30. The number of aromatic nitrogens is 3. The molecule has 3 rings (SSSR count). The predicted molar refractivity (Wildman–Crippen MR) is 94.7 cm³/mol. The van der Waals surface area contributed by atoms with Gasteiger partial charge < -0.3 is 0 Å². The highest BCUT2D eigenvalue weighted by molar-refractivity contribution is 7.98. The van der Waals surface area contributed by atoms with E-state index >= 15 is 0 Å². The van der Waals surface area contributed by atoms with Crippen LogP contribution in [0.2, 0.25) is 0 Å². The first-order valence-electron chi connectivity index (χ1n) is 7.69. The van der Waals surface area contributed by atoms with Gasteiger partial charge in [-0.3, -0.25) is 10.1 Å². The third kappa shape index (κ3) is 3.55. The Morgan fingerprint density at radius 2 is 2.13 bits per heavy atom. The van der Waals surface area contributed by atoms with Gasteiger partial charge in [0.1, 0.15) is 10.9 Å². The van der Waals surface area contributed by atoms with Crippen LogP contribution in [0.5, 0.6) is 0 Å². The minimum absolute atomic E-state index is 0.182. The van der Waals surface area contributed by atoms with Gasteiger partial charge in [-0.2, -0.15) is 0 Å². The number of carbonyl (C=O) groups is 1. The van der Waals surface area contributed by atoms with Gasteiger partial charge in [-0.1, -0.05) is 13.8 Å². The number of hydrogen-bond donors (Lipinski definition) is 1. The lowest BCUT2D eigenvalue weighted by Crippen LogP contribution is -2.17. The number of amides is 1. The highest BCUT2D eigenvalue weighted by Crippen LogP contribution is 2.39. The average molecular weight is 348 g/mol. The maximum atomic E-state index is 12.7. The summed E-state index contributed by atoms with van der Waals surface area (Å²) in [6.45, 7) is 6.10. The minimum atomic E-state index is -0.182. The summed E-state index contributed by atoms with van der Waals surface area (Å²) in [7, 11) is 0. The molecule has 2 heterocycles. The zero-order valence-corrected chi connectivity index (χ0v) is 15.3. The topological polar surface area (TPSA) is 67.8 Å². The molecule has 0 spiro atoms. The average Bonchev–Trinajstić information content (AvgIpc) is 3.25. The lowest BCUT2D eigenvalue weighted by atomic mass is 10.2. The van der Waals surface area contributed by atoms with Crippen LogP contribution in [0.1, 0.15) is 65.3 Å². The number of nitrogens with one attached hydrogen (secondary N) is 1. The number of aryl methyl sites for hydroxylation is 1. The van der Waals surface area contributed by atoms with Gasteiger partial charge in [0.05, 0.1) is 11.3 Å². The molecule has 1 aliphatic carbocycles. The van der Waals surface area contributed by atoms with E-state index in [9.17, 15) is 4.79 Å². The number of nitrogens with zero attached hydrogens (tertiary/aromatic N) is 3. The van der Waals surface area contributed by atoms with Crippen molar-refractivity contribution in [1.82, 2.24) is 15.0 Å². The molecule has 1 fully saturated rings. The van der Waals surface area contributed by atoms with Crippen LogP contribution >= 0.6 is 23.1 Å². The molecular weight excluding hydrogens is 328 g/mol. The SMILES string of the molecule is CSc1nc(C2CC2)nc(C)c1C(=O)Nc1ncc(C(C)C)s1. The van der Waals surface area contributed by atoms with Crippen LogP contribution < -0.4 is 5.32 Å². The number of carbonyl (C=O) groups excluding carboxylic acids is 1. The van der Waals surface area contributed by atoms with Crippen LogP contribution in [0.4, 0.5) is 5.13 Å². The fourth-order valence-electron chi connectivity index (χ4n) is 2.27. The summed E-state index contributed by atoms with van der Waals surface area (Å²) in [6, 6.07) is 0. The lowest BCUT2D eigenvalue weighted by molar-refractivity contribution is 0.102. The molecule has 1 saturated carbocycles. The Hall–Kier alpha value is -1.47. The first-order chi connectivity index (χ1) is 11.0. The van der Waals surface area contributed by atoms with E-state index in [0.717, 1.165) is 34.3 Å². The minimum Gasteiger partial charge on any atom is -0.298 e. The molecule has 0 saturated heterocycles. The fraction of sp³-hybridized carbons (Fsp3) is 0.500. The van der Waals surface area contributed by atoms with Crippen LogP contribution in [0.3, 0.4) is 0 Å². The fourth-order valence-corrected chi connectivity index (χ4v) is 3.71. The molecule has 5 nitrogen and oxygen atoms in total. The third-order valence-corrected chi connectivity index (χ3v) is 5.65. The number of hydrogen-bond acceptors (Lipinski definition) is 6. The highest BCUT2D eigenvalue weighted by atomic mass is 32.2. The number of anilines is 1. The molecular formula is C16H20N4OS2. The van der Waals surface area contributed by atoms with Crippen molar-refractivity contribution in [1.29, 1.82) is 0 Å². The molecule has 2 aromatic heterocycles. The Morgan fingerprint density at radius 1 is 1.39 bits per heavy atom. The summed E-state index contributed by atoms with van der Waals surface area (Å²) < 4.78 is 0. The highest BCUT2D eigenvalue weighted by Gasteiger charge is 2.29. The van der Waals surface area contributed by atoms with E-state index < -0.39 is 0 Å². The summed E-state index contributed by atoms with van der Waals surface area (Å²) >= 11 is 3.00. The number of thiazole rings is 1. The first-order valence-corrected chi connectivity index (χ1v) is 9.73. The van der Waals surface area contributed by atoms with Crippen molar-refractivity contribution in [2.24, 2.45) is 0 Å². The summed E-state index contributed by atoms with van der Waals surface area (Å²) in [5, 5.41) is 4.26. The molecule has 1 aliphatic rings. The molecule has 0 atom stereocenters. The summed E-state index contributed by atoms with van der Waals surface area (Å²) in [5.74, 6) is 1.57. The van der Waals surface area contributed by atoms with E-state index in [4.69, 9.17) is 0 Å². The van der Waals surface area contributed by atoms with Crippen molar-refractivity contribution >= 4 is 34.1 Å². The number of rotatable bonds is 5. The van der Waals surface area contributed by atoms with E-state index in [1.165, 1.54) is 23.1 Å². The van der Waals surface area contributed by atoms with Crippen molar-refractivity contribution in [3.63, 3.8) is 0 Å². The molecule has 0 bridgehead atoms. The third-order valence-electron chi connectivity index (χ3n) is 3.75. The van der Waals surface area contributed by atoms with E-state index in [-0.39, 0.29) is 5.91 Å². The second kappa shape index (κ2) is 6.57. The van der Waals surface area contributed by atoms with Crippen LogP contribution in [-0.4, -0.2) is 27.1 Å². The van der Waals surface area contributed by atoms with Crippen molar-refractivity contribution in [3.8, 4) is 0 Å². The maximum absolute atomic E-state index is 12.7. The van der Waals surface area contributed by atoms with E-state index in [1.54, 1.807) is 0 Å². The van der Waals surface area contributed by atoms with Gasteiger partial charge in [-0.25, -0.2) is 15.0 Å². The van der Waals surface area contributed by atoms with Gasteiger partial charge in [0.25, 0.3) is 5.91 Å². The van der Waals surface area contributed by atoms with Gasteiger partial charge in [-0.15, -0.1) is 23.1 Å². The summed E-state index contributed by atoms with van der Waals surface area (Å²) in [4.78, 5) is 27.2. The van der Waals surface area contributed by atoms with E-state index in [1.807, 2.05) is 19.4 Å². The van der Waals surface area contributed by atoms with Crippen molar-refractivity contribution in [3.05, 3.63) is 28.2 Å². The Morgan fingerprint density at radius 3 is 2.70 bits per heavy atom. The number of thioether (sulfide) groups is 1. The van der Waals surface area contributed by atoms with Crippen LogP contribution in [0.15, 0.2) is 11.2 Å². The van der Waals surface area contributed by atoms with Gasteiger partial charge >= 0.3 is 0 Å². The molecule has 23 heavy (non-hydrogen) atoms. The van der Waals surface area contributed by atoms with Gasteiger partial charge in [0, 0.05) is 17.0 Å². The Bertz CT molecular complexity index is 738. The van der Waals surface area contributed by atoms with Crippen molar-refractivity contribution < 1.29 is 4.79 Å².